The Morgan fingerprint density at radius 1 is 1.23 bits per heavy atom. The van der Waals surface area contributed by atoms with Crippen molar-refractivity contribution in [3.63, 3.8) is 0 Å². The van der Waals surface area contributed by atoms with E-state index in [0.717, 1.165) is 41.6 Å². The molecule has 0 amide bonds. The van der Waals surface area contributed by atoms with Gasteiger partial charge in [0.25, 0.3) is 0 Å². The lowest BCUT2D eigenvalue weighted by molar-refractivity contribution is -0.111. The van der Waals surface area contributed by atoms with E-state index >= 15 is 0 Å². The van der Waals surface area contributed by atoms with Crippen LogP contribution in [0.1, 0.15) is 46.5 Å². The van der Waals surface area contributed by atoms with Crippen LogP contribution in [0.5, 0.6) is 0 Å². The van der Waals surface area contributed by atoms with Gasteiger partial charge in [-0.3, -0.25) is 4.79 Å². The third kappa shape index (κ3) is 5.98. The number of hydrogen-bond acceptors (Lipinski definition) is 2. The normalized spacial score (nSPS) is 31.5. The smallest absolute Gasteiger partial charge is 0.181 e. The Labute approximate surface area is 134 Å². The number of rotatable bonds is 1. The fraction of sp³-hybridized carbons (Fsp3) is 0.450. The quantitative estimate of drug-likeness (QED) is 0.713. The van der Waals surface area contributed by atoms with Crippen LogP contribution in [0, 0.1) is 5.92 Å². The number of allylic oxidation sites excluding steroid dienone is 6. The monoisotopic (exact) mass is 300 g/mol. The van der Waals surface area contributed by atoms with E-state index in [-0.39, 0.29) is 5.78 Å². The van der Waals surface area contributed by atoms with Crippen molar-refractivity contribution < 1.29 is 9.90 Å². The van der Waals surface area contributed by atoms with E-state index in [1.165, 1.54) is 0 Å². The molecule has 0 bridgehead atoms. The largest absolute Gasteiger partial charge is 0.388 e. The van der Waals surface area contributed by atoms with E-state index in [0.29, 0.717) is 12.3 Å². The summed E-state index contributed by atoms with van der Waals surface area (Å²) < 4.78 is 0. The Bertz CT molecular complexity index is 532. The summed E-state index contributed by atoms with van der Waals surface area (Å²) in [5.41, 5.74) is 3.72. The van der Waals surface area contributed by atoms with Gasteiger partial charge in [-0.1, -0.05) is 42.5 Å². The maximum absolute atomic E-state index is 12.1. The van der Waals surface area contributed by atoms with Gasteiger partial charge in [-0.25, -0.2) is 0 Å². The minimum absolute atomic E-state index is 0.0373. The van der Waals surface area contributed by atoms with Crippen LogP contribution in [0.3, 0.4) is 0 Å². The van der Waals surface area contributed by atoms with Crippen LogP contribution in [0.2, 0.25) is 0 Å². The third-order valence-corrected chi connectivity index (χ3v) is 4.24. The van der Waals surface area contributed by atoms with Gasteiger partial charge in [-0.05, 0) is 69.6 Å². The number of carbonyl (C=O) groups is 1. The Kier molecular flexibility index (Phi) is 7.26. The van der Waals surface area contributed by atoms with E-state index in [2.05, 4.69) is 13.2 Å². The zero-order valence-corrected chi connectivity index (χ0v) is 14.1. The highest BCUT2D eigenvalue weighted by atomic mass is 16.3. The average molecular weight is 300 g/mol. The first-order valence-corrected chi connectivity index (χ1v) is 7.88. The number of aliphatic hydroxyl groups is 1. The standard InChI is InChI=1S/C20H28O2/c1-14(2)18-10-8-16(4)19(21)12-6-15(3)7-13-20(22)17(5)9-11-18/h6-7,9,13,18-19,21H,1,4,8,10-12H2,2-3,5H3/b13-7+,15-6-,17-9+. The van der Waals surface area contributed by atoms with Gasteiger partial charge in [0, 0.05) is 0 Å². The van der Waals surface area contributed by atoms with Gasteiger partial charge < -0.3 is 5.11 Å². The van der Waals surface area contributed by atoms with E-state index < -0.39 is 6.10 Å². The van der Waals surface area contributed by atoms with E-state index in [4.69, 9.17) is 0 Å². The minimum Gasteiger partial charge on any atom is -0.388 e. The van der Waals surface area contributed by atoms with Gasteiger partial charge in [0.15, 0.2) is 5.78 Å². The second-order valence-electron chi connectivity index (χ2n) is 6.26. The highest BCUT2D eigenvalue weighted by Crippen LogP contribution is 2.25. The molecule has 0 aromatic heterocycles. The summed E-state index contributed by atoms with van der Waals surface area (Å²) in [5, 5.41) is 10.2. The van der Waals surface area contributed by atoms with Crippen LogP contribution < -0.4 is 0 Å². The van der Waals surface area contributed by atoms with Gasteiger partial charge in [-0.2, -0.15) is 0 Å². The zero-order chi connectivity index (χ0) is 16.7. The zero-order valence-electron chi connectivity index (χ0n) is 14.1. The lowest BCUT2D eigenvalue weighted by Crippen LogP contribution is -2.11. The van der Waals surface area contributed by atoms with Gasteiger partial charge in [0.2, 0.25) is 0 Å². The van der Waals surface area contributed by atoms with Gasteiger partial charge in [-0.15, -0.1) is 0 Å². The molecule has 0 aromatic carbocycles. The summed E-state index contributed by atoms with van der Waals surface area (Å²) in [4.78, 5) is 12.1. The molecule has 2 atom stereocenters. The molecule has 1 aliphatic carbocycles. The van der Waals surface area contributed by atoms with Crippen molar-refractivity contribution in [1.29, 1.82) is 0 Å². The third-order valence-electron chi connectivity index (χ3n) is 4.24. The second kappa shape index (κ2) is 8.70. The molecule has 0 saturated heterocycles. The molecule has 0 aliphatic heterocycles. The molecule has 1 aliphatic rings. The summed E-state index contributed by atoms with van der Waals surface area (Å²) in [6.07, 6.45) is 9.84. The molecular formula is C20H28O2. The van der Waals surface area contributed by atoms with Gasteiger partial charge >= 0.3 is 0 Å². The highest BCUT2D eigenvalue weighted by Gasteiger charge is 2.13. The lowest BCUT2D eigenvalue weighted by atomic mass is 9.88. The first kappa shape index (κ1) is 18.4. The predicted octanol–water partition coefficient (Wildman–Crippen LogP) is 4.69. The topological polar surface area (TPSA) is 37.3 Å². The van der Waals surface area contributed by atoms with Crippen LogP contribution in [0.25, 0.3) is 0 Å². The van der Waals surface area contributed by atoms with Crippen molar-refractivity contribution >= 4 is 5.78 Å². The molecule has 22 heavy (non-hydrogen) atoms. The predicted molar refractivity (Wildman–Crippen MR) is 93.6 cm³/mol. The summed E-state index contributed by atoms with van der Waals surface area (Å²) in [6.45, 7) is 13.9. The fourth-order valence-electron chi connectivity index (χ4n) is 2.38. The van der Waals surface area contributed by atoms with E-state index in [1.807, 2.05) is 32.9 Å². The molecule has 0 fully saturated rings. The summed E-state index contributed by atoms with van der Waals surface area (Å²) in [7, 11) is 0. The fourth-order valence-corrected chi connectivity index (χ4v) is 2.38. The molecule has 0 radical (unpaired) electrons. The molecule has 2 heteroatoms. The van der Waals surface area contributed by atoms with Gasteiger partial charge in [0.05, 0.1) is 6.10 Å². The van der Waals surface area contributed by atoms with Crippen molar-refractivity contribution in [3.8, 4) is 0 Å². The molecule has 2 nitrogen and oxygen atoms in total. The van der Waals surface area contributed by atoms with Crippen molar-refractivity contribution in [3.05, 3.63) is 59.8 Å². The Morgan fingerprint density at radius 3 is 2.55 bits per heavy atom. The highest BCUT2D eigenvalue weighted by molar-refractivity contribution is 6.03. The van der Waals surface area contributed by atoms with Crippen LogP contribution >= 0.6 is 0 Å². The Morgan fingerprint density at radius 2 is 1.91 bits per heavy atom. The maximum Gasteiger partial charge on any atom is 0.181 e. The van der Waals surface area contributed by atoms with Crippen molar-refractivity contribution in [2.45, 2.75) is 52.6 Å². The molecule has 120 valence electrons. The van der Waals surface area contributed by atoms with Gasteiger partial charge in [0.1, 0.15) is 0 Å². The van der Waals surface area contributed by atoms with Crippen molar-refractivity contribution in [1.82, 2.24) is 0 Å². The van der Waals surface area contributed by atoms with Crippen molar-refractivity contribution in [2.24, 2.45) is 5.92 Å². The first-order valence-electron chi connectivity index (χ1n) is 7.88. The molecule has 2 unspecified atom stereocenters. The molecule has 0 aromatic rings. The van der Waals surface area contributed by atoms with Crippen LogP contribution in [-0.4, -0.2) is 17.0 Å². The summed E-state index contributed by atoms with van der Waals surface area (Å²) in [5.74, 6) is 0.353. The van der Waals surface area contributed by atoms with Crippen LogP contribution in [0.4, 0.5) is 0 Å². The summed E-state index contributed by atoms with van der Waals surface area (Å²) >= 11 is 0. The maximum atomic E-state index is 12.1. The number of carbonyl (C=O) groups excluding carboxylic acids is 1. The van der Waals surface area contributed by atoms with Crippen LogP contribution in [-0.2, 0) is 4.79 Å². The molecule has 1 rings (SSSR count). The molecule has 1 N–H and O–H groups in total. The minimum atomic E-state index is -0.523. The molecule has 0 saturated carbocycles. The van der Waals surface area contributed by atoms with Crippen LogP contribution in [0.15, 0.2) is 59.8 Å². The molecule has 0 heterocycles. The Balaban J connectivity index is 3.01. The van der Waals surface area contributed by atoms with Crippen molar-refractivity contribution in [2.75, 3.05) is 0 Å². The average Bonchev–Trinajstić information content (AvgIpc) is 2.48. The Hall–Kier alpha value is -1.67. The number of hydrogen-bond donors (Lipinski definition) is 1. The molecular weight excluding hydrogens is 272 g/mol. The van der Waals surface area contributed by atoms with E-state index in [1.54, 1.807) is 12.2 Å². The lowest BCUT2D eigenvalue weighted by Gasteiger charge is -2.18. The SMILES string of the molecule is C=C1CCC(C(=C)C)C/C=C(\C)C(=O)/C=C/C(C)=C\CC1O. The number of ketones is 1. The molecule has 0 spiro atoms. The number of aliphatic hydroxyl groups excluding tert-OH is 1. The first-order chi connectivity index (χ1) is 10.3. The summed E-state index contributed by atoms with van der Waals surface area (Å²) in [6, 6.07) is 0. The second-order valence-corrected chi connectivity index (χ2v) is 6.26. The van der Waals surface area contributed by atoms with E-state index in [9.17, 15) is 9.90 Å².